The molecule has 0 aromatic heterocycles. The highest BCUT2D eigenvalue weighted by Crippen LogP contribution is 2.08. The van der Waals surface area contributed by atoms with Crippen LogP contribution in [0.15, 0.2) is 0 Å². The van der Waals surface area contributed by atoms with Crippen LogP contribution in [0.2, 0.25) is 0 Å². The summed E-state index contributed by atoms with van der Waals surface area (Å²) in [6, 6.07) is -0.0427. The van der Waals surface area contributed by atoms with Gasteiger partial charge in [0.1, 0.15) is 0 Å². The van der Waals surface area contributed by atoms with E-state index in [1.54, 1.807) is 0 Å². The summed E-state index contributed by atoms with van der Waals surface area (Å²) in [4.78, 5) is 10.3. The number of hydrogen-bond acceptors (Lipinski definition) is 3. The van der Waals surface area contributed by atoms with E-state index in [0.29, 0.717) is 12.6 Å². The molecule has 14 heavy (non-hydrogen) atoms. The van der Waals surface area contributed by atoms with Gasteiger partial charge in [0.2, 0.25) is 0 Å². The molecule has 6 heteroatoms. The Morgan fingerprint density at radius 2 is 2.00 bits per heavy atom. The molecule has 1 aliphatic heterocycles. The van der Waals surface area contributed by atoms with Crippen LogP contribution in [0.25, 0.3) is 0 Å². The van der Waals surface area contributed by atoms with E-state index in [0.717, 1.165) is 30.9 Å². The maximum Gasteiger partial charge on any atom is 0.312 e. The van der Waals surface area contributed by atoms with Gasteiger partial charge in [-0.2, -0.15) is 0 Å². The first-order chi connectivity index (χ1) is 6.68. The number of carbonyl (C=O) groups excluding carboxylic acids is 1. The average molecular weight is 219 g/mol. The standard InChI is InChI=1S/C8H17N3O2S/c9-8(12)11-4-3-10-7-1-5-14(13)6-2-7/h7,10H,1-6H2,(H3,9,11,12). The van der Waals surface area contributed by atoms with Crippen molar-refractivity contribution in [2.24, 2.45) is 5.73 Å². The SMILES string of the molecule is NC(=O)NCCNC1CCS(=O)CC1. The molecule has 0 radical (unpaired) electrons. The molecule has 1 rings (SSSR count). The molecule has 0 bridgehead atoms. The number of nitrogens with two attached hydrogens (primary N) is 1. The van der Waals surface area contributed by atoms with Crippen molar-refractivity contribution in [1.82, 2.24) is 10.6 Å². The Balaban J connectivity index is 2.02. The van der Waals surface area contributed by atoms with Gasteiger partial charge in [0.15, 0.2) is 0 Å². The van der Waals surface area contributed by atoms with Crippen molar-refractivity contribution in [3.05, 3.63) is 0 Å². The number of nitrogens with one attached hydrogen (secondary N) is 2. The molecule has 0 unspecified atom stereocenters. The van der Waals surface area contributed by atoms with E-state index in [1.807, 2.05) is 0 Å². The Hall–Kier alpha value is -0.620. The van der Waals surface area contributed by atoms with Gasteiger partial charge in [-0.05, 0) is 12.8 Å². The Kier molecular flexibility index (Phi) is 4.89. The second-order valence-corrected chi connectivity index (χ2v) is 5.06. The lowest BCUT2D eigenvalue weighted by Gasteiger charge is -2.22. The minimum atomic E-state index is -0.605. The van der Waals surface area contributed by atoms with Crippen LogP contribution >= 0.6 is 0 Å². The van der Waals surface area contributed by atoms with Gasteiger partial charge in [-0.25, -0.2) is 4.79 Å². The first kappa shape index (κ1) is 11.5. The van der Waals surface area contributed by atoms with Crippen LogP contribution in [-0.4, -0.2) is 40.9 Å². The molecule has 0 spiro atoms. The van der Waals surface area contributed by atoms with Gasteiger partial charge in [-0.1, -0.05) is 0 Å². The largest absolute Gasteiger partial charge is 0.352 e. The molecule has 0 aliphatic carbocycles. The summed E-state index contributed by atoms with van der Waals surface area (Å²) < 4.78 is 11.0. The molecule has 2 amide bonds. The van der Waals surface area contributed by atoms with Gasteiger partial charge in [-0.3, -0.25) is 4.21 Å². The normalized spacial score (nSPS) is 27.1. The van der Waals surface area contributed by atoms with Crippen molar-refractivity contribution in [3.63, 3.8) is 0 Å². The summed E-state index contributed by atoms with van der Waals surface area (Å²) in [6.07, 6.45) is 1.92. The second-order valence-electron chi connectivity index (χ2n) is 3.37. The number of urea groups is 1. The molecule has 1 heterocycles. The van der Waals surface area contributed by atoms with Crippen molar-refractivity contribution in [1.29, 1.82) is 0 Å². The third-order valence-electron chi connectivity index (χ3n) is 2.25. The monoisotopic (exact) mass is 219 g/mol. The smallest absolute Gasteiger partial charge is 0.312 e. The zero-order chi connectivity index (χ0) is 10.4. The van der Waals surface area contributed by atoms with Crippen LogP contribution in [0.5, 0.6) is 0 Å². The third-order valence-corrected chi connectivity index (χ3v) is 3.63. The lowest BCUT2D eigenvalue weighted by Crippen LogP contribution is -2.41. The summed E-state index contributed by atoms with van der Waals surface area (Å²) in [5, 5.41) is 5.80. The molecule has 0 aromatic rings. The number of rotatable bonds is 4. The topological polar surface area (TPSA) is 84.2 Å². The van der Waals surface area contributed by atoms with Crippen molar-refractivity contribution >= 4 is 16.8 Å². The number of carbonyl (C=O) groups is 1. The summed E-state index contributed by atoms with van der Waals surface area (Å²) in [7, 11) is -0.605. The van der Waals surface area contributed by atoms with Gasteiger partial charge < -0.3 is 16.4 Å². The third kappa shape index (κ3) is 4.57. The highest BCUT2D eigenvalue weighted by atomic mass is 32.2. The molecule has 1 aliphatic rings. The molecule has 82 valence electrons. The number of hydrogen-bond donors (Lipinski definition) is 3. The van der Waals surface area contributed by atoms with Crippen LogP contribution in [0.1, 0.15) is 12.8 Å². The fourth-order valence-corrected chi connectivity index (χ4v) is 2.76. The van der Waals surface area contributed by atoms with Crippen LogP contribution in [0.4, 0.5) is 4.79 Å². The summed E-state index contributed by atoms with van der Waals surface area (Å²) in [6.45, 7) is 1.27. The quantitative estimate of drug-likeness (QED) is 0.539. The van der Waals surface area contributed by atoms with E-state index >= 15 is 0 Å². The van der Waals surface area contributed by atoms with E-state index in [2.05, 4.69) is 10.6 Å². The molecule has 0 saturated carbocycles. The first-order valence-corrected chi connectivity index (χ1v) is 6.29. The van der Waals surface area contributed by atoms with E-state index in [9.17, 15) is 9.00 Å². The zero-order valence-electron chi connectivity index (χ0n) is 8.12. The van der Waals surface area contributed by atoms with E-state index in [1.165, 1.54) is 0 Å². The summed E-state index contributed by atoms with van der Waals surface area (Å²) in [5.41, 5.74) is 4.91. The lowest BCUT2D eigenvalue weighted by molar-refractivity contribution is 0.248. The van der Waals surface area contributed by atoms with Crippen molar-refractivity contribution < 1.29 is 9.00 Å². The molecule has 1 saturated heterocycles. The Labute approximate surface area is 86.3 Å². The predicted octanol–water partition coefficient (Wildman–Crippen LogP) is -0.845. The van der Waals surface area contributed by atoms with E-state index in [4.69, 9.17) is 5.73 Å². The molecule has 4 N–H and O–H groups in total. The van der Waals surface area contributed by atoms with Crippen LogP contribution in [0, 0.1) is 0 Å². The minimum Gasteiger partial charge on any atom is -0.352 e. The maximum absolute atomic E-state index is 11.0. The highest BCUT2D eigenvalue weighted by molar-refractivity contribution is 7.85. The lowest BCUT2D eigenvalue weighted by atomic mass is 10.1. The molecule has 0 aromatic carbocycles. The minimum absolute atomic E-state index is 0.447. The number of amides is 2. The molecular weight excluding hydrogens is 202 g/mol. The van der Waals surface area contributed by atoms with Gasteiger partial charge in [0.05, 0.1) is 0 Å². The fraction of sp³-hybridized carbons (Fsp3) is 0.875. The van der Waals surface area contributed by atoms with Gasteiger partial charge in [-0.15, -0.1) is 0 Å². The number of primary amides is 1. The van der Waals surface area contributed by atoms with Crippen LogP contribution in [-0.2, 0) is 10.8 Å². The molecular formula is C8H17N3O2S. The van der Waals surface area contributed by atoms with Crippen LogP contribution in [0.3, 0.4) is 0 Å². The van der Waals surface area contributed by atoms with Gasteiger partial charge in [0.25, 0.3) is 0 Å². The zero-order valence-corrected chi connectivity index (χ0v) is 8.94. The van der Waals surface area contributed by atoms with Gasteiger partial charge >= 0.3 is 6.03 Å². The van der Waals surface area contributed by atoms with Crippen molar-refractivity contribution in [2.75, 3.05) is 24.6 Å². The Morgan fingerprint density at radius 3 is 2.57 bits per heavy atom. The van der Waals surface area contributed by atoms with Crippen molar-refractivity contribution in [3.8, 4) is 0 Å². The summed E-state index contributed by atoms with van der Waals surface area (Å²) in [5.74, 6) is 1.59. The van der Waals surface area contributed by atoms with E-state index < -0.39 is 16.8 Å². The average Bonchev–Trinajstić information content (AvgIpc) is 2.15. The molecule has 5 nitrogen and oxygen atoms in total. The predicted molar refractivity (Wildman–Crippen MR) is 56.5 cm³/mol. The second kappa shape index (κ2) is 5.98. The van der Waals surface area contributed by atoms with Gasteiger partial charge in [0, 0.05) is 41.4 Å². The molecule has 0 atom stereocenters. The maximum atomic E-state index is 11.0. The van der Waals surface area contributed by atoms with E-state index in [-0.39, 0.29) is 0 Å². The summed E-state index contributed by atoms with van der Waals surface area (Å²) >= 11 is 0. The molecule has 1 fully saturated rings. The Bertz CT molecular complexity index is 213. The first-order valence-electron chi connectivity index (χ1n) is 4.80. The fourth-order valence-electron chi connectivity index (χ4n) is 1.46. The van der Waals surface area contributed by atoms with Crippen molar-refractivity contribution in [2.45, 2.75) is 18.9 Å². The van der Waals surface area contributed by atoms with Crippen LogP contribution < -0.4 is 16.4 Å². The highest BCUT2D eigenvalue weighted by Gasteiger charge is 2.16. The Morgan fingerprint density at radius 1 is 1.36 bits per heavy atom.